The van der Waals surface area contributed by atoms with Crippen LogP contribution in [0.15, 0.2) is 12.2 Å². The number of thioether (sulfide) groups is 1. The second-order valence-electron chi connectivity index (χ2n) is 8.11. The van der Waals surface area contributed by atoms with E-state index in [0.29, 0.717) is 40.8 Å². The maximum absolute atomic E-state index is 11.5. The summed E-state index contributed by atoms with van der Waals surface area (Å²) in [7, 11) is 1.39. The van der Waals surface area contributed by atoms with Crippen LogP contribution in [0.2, 0.25) is 0 Å². The first kappa shape index (κ1) is 23.7. The van der Waals surface area contributed by atoms with Crippen LogP contribution in [0.5, 0.6) is 0 Å². The molecule has 0 saturated carbocycles. The van der Waals surface area contributed by atoms with Crippen molar-refractivity contribution in [3.63, 3.8) is 0 Å². The second kappa shape index (κ2) is 12.9. The highest BCUT2D eigenvalue weighted by atomic mass is 32.2. The zero-order chi connectivity index (χ0) is 20.4. The molecule has 0 aromatic carbocycles. The summed E-state index contributed by atoms with van der Waals surface area (Å²) in [5.74, 6) is 2.21. The van der Waals surface area contributed by atoms with Crippen LogP contribution < -0.4 is 0 Å². The Morgan fingerprint density at radius 2 is 1.96 bits per heavy atom. The van der Waals surface area contributed by atoms with Crippen molar-refractivity contribution in [2.75, 3.05) is 26.0 Å². The summed E-state index contributed by atoms with van der Waals surface area (Å²) in [5.41, 5.74) is 0. The highest BCUT2D eigenvalue weighted by molar-refractivity contribution is 7.99. The molecule has 0 radical (unpaired) electrons. The van der Waals surface area contributed by atoms with E-state index in [1.54, 1.807) is 0 Å². The highest BCUT2D eigenvalue weighted by Crippen LogP contribution is 2.47. The van der Waals surface area contributed by atoms with Gasteiger partial charge in [0.2, 0.25) is 5.91 Å². The molecule has 0 aliphatic carbocycles. The van der Waals surface area contributed by atoms with E-state index in [1.165, 1.54) is 26.3 Å². The third-order valence-electron chi connectivity index (χ3n) is 6.00. The van der Waals surface area contributed by atoms with Gasteiger partial charge in [0.15, 0.2) is 0 Å². The first-order valence-electron chi connectivity index (χ1n) is 11.0. The van der Waals surface area contributed by atoms with Gasteiger partial charge < -0.3 is 9.47 Å². The van der Waals surface area contributed by atoms with Crippen LogP contribution in [0.25, 0.3) is 0 Å². The third-order valence-corrected chi connectivity index (χ3v) is 7.27. The van der Waals surface area contributed by atoms with Crippen molar-refractivity contribution in [1.82, 2.24) is 5.06 Å². The van der Waals surface area contributed by atoms with E-state index in [1.807, 2.05) is 11.8 Å². The minimum atomic E-state index is -0.209. The number of amides is 1. The Balaban J connectivity index is 1.64. The Hall–Kier alpha value is -0.560. The number of hydroxylamine groups is 2. The smallest absolute Gasteiger partial charge is 0.245 e. The number of carbonyl (C=O) groups excluding carboxylic acids is 1. The molecule has 2 rings (SSSR count). The van der Waals surface area contributed by atoms with Gasteiger partial charge in [0, 0.05) is 25.3 Å². The topological polar surface area (TPSA) is 59.0 Å². The van der Waals surface area contributed by atoms with E-state index in [4.69, 9.17) is 14.7 Å². The molecule has 2 fully saturated rings. The molecule has 1 unspecified atom stereocenters. The fourth-order valence-electron chi connectivity index (χ4n) is 4.41. The number of ether oxygens (including phenoxy) is 2. The lowest BCUT2D eigenvalue weighted by atomic mass is 9.76. The molecule has 162 valence electrons. The van der Waals surface area contributed by atoms with Crippen molar-refractivity contribution in [3.05, 3.63) is 12.2 Å². The molecular weight excluding hydrogens is 374 g/mol. The van der Waals surface area contributed by atoms with Crippen molar-refractivity contribution in [2.24, 2.45) is 11.8 Å². The predicted molar refractivity (Wildman–Crippen MR) is 115 cm³/mol. The quantitative estimate of drug-likeness (QED) is 0.194. The summed E-state index contributed by atoms with van der Waals surface area (Å²) in [6.45, 7) is 5.98. The second-order valence-corrected chi connectivity index (χ2v) is 9.66. The summed E-state index contributed by atoms with van der Waals surface area (Å²) in [4.78, 5) is 11.5. The molecule has 2 aliphatic heterocycles. The molecule has 2 heterocycles. The Morgan fingerprint density at radius 3 is 2.64 bits per heavy atom. The Morgan fingerprint density at radius 1 is 1.25 bits per heavy atom. The monoisotopic (exact) mass is 413 g/mol. The van der Waals surface area contributed by atoms with Crippen LogP contribution in [-0.2, 0) is 14.3 Å². The molecule has 2 bridgehead atoms. The van der Waals surface area contributed by atoms with Gasteiger partial charge in [-0.1, -0.05) is 26.0 Å². The van der Waals surface area contributed by atoms with E-state index in [0.717, 1.165) is 44.6 Å². The molecule has 5 atom stereocenters. The predicted octanol–water partition coefficient (Wildman–Crippen LogP) is 4.68. The van der Waals surface area contributed by atoms with Gasteiger partial charge in [0.1, 0.15) is 0 Å². The molecule has 2 saturated heterocycles. The van der Waals surface area contributed by atoms with Crippen molar-refractivity contribution < 1.29 is 19.5 Å². The minimum absolute atomic E-state index is 0.209. The van der Waals surface area contributed by atoms with E-state index in [-0.39, 0.29) is 5.91 Å². The normalized spacial score (nSPS) is 27.6. The molecule has 1 N–H and O–H groups in total. The van der Waals surface area contributed by atoms with Gasteiger partial charge in [-0.3, -0.25) is 10.0 Å². The maximum atomic E-state index is 11.5. The number of hydrogen-bond acceptors (Lipinski definition) is 5. The van der Waals surface area contributed by atoms with Gasteiger partial charge in [0.05, 0.1) is 18.8 Å². The molecule has 0 aromatic rings. The molecular formula is C22H39NO4S. The van der Waals surface area contributed by atoms with E-state index < -0.39 is 0 Å². The summed E-state index contributed by atoms with van der Waals surface area (Å²) in [6.07, 6.45) is 13.3. The Kier molecular flexibility index (Phi) is 10.9. The van der Waals surface area contributed by atoms with E-state index >= 15 is 0 Å². The van der Waals surface area contributed by atoms with Gasteiger partial charge in [-0.15, -0.1) is 0 Å². The lowest BCUT2D eigenvalue weighted by molar-refractivity contribution is -0.159. The number of fused-ring (bicyclic) bond motifs is 2. The van der Waals surface area contributed by atoms with Crippen LogP contribution in [0.3, 0.4) is 0 Å². The Labute approximate surface area is 175 Å². The summed E-state index contributed by atoms with van der Waals surface area (Å²) in [5, 5.41) is 10.3. The number of hydrogen-bond donors (Lipinski definition) is 1. The van der Waals surface area contributed by atoms with Gasteiger partial charge >= 0.3 is 0 Å². The summed E-state index contributed by atoms with van der Waals surface area (Å²) < 4.78 is 12.1. The highest BCUT2D eigenvalue weighted by Gasteiger charge is 2.47. The first-order valence-corrected chi connectivity index (χ1v) is 12.0. The number of allylic oxidation sites excluding steroid dienone is 1. The fraction of sp³-hybridized carbons (Fsp3) is 0.864. The third kappa shape index (κ3) is 7.69. The molecule has 5 nitrogen and oxygen atoms in total. The summed E-state index contributed by atoms with van der Waals surface area (Å²) in [6, 6.07) is 0. The number of carbonyl (C=O) groups is 1. The Bertz CT molecular complexity index is 485. The molecule has 6 heteroatoms. The van der Waals surface area contributed by atoms with Crippen LogP contribution in [0.1, 0.15) is 65.2 Å². The van der Waals surface area contributed by atoms with Gasteiger partial charge in [-0.05, 0) is 62.5 Å². The minimum Gasteiger partial charge on any atom is -0.381 e. The van der Waals surface area contributed by atoms with Gasteiger partial charge in [0.25, 0.3) is 0 Å². The average Bonchev–Trinajstić information content (AvgIpc) is 3.27. The maximum Gasteiger partial charge on any atom is 0.245 e. The zero-order valence-electron chi connectivity index (χ0n) is 17.8. The van der Waals surface area contributed by atoms with Gasteiger partial charge in [-0.2, -0.15) is 11.8 Å². The van der Waals surface area contributed by atoms with Crippen LogP contribution in [0, 0.1) is 11.8 Å². The van der Waals surface area contributed by atoms with E-state index in [9.17, 15) is 4.79 Å². The molecule has 1 amide bonds. The molecule has 0 spiro atoms. The fourth-order valence-corrected chi connectivity index (χ4v) is 5.50. The summed E-state index contributed by atoms with van der Waals surface area (Å²) >= 11 is 1.94. The largest absolute Gasteiger partial charge is 0.381 e. The van der Waals surface area contributed by atoms with Crippen molar-refractivity contribution >= 4 is 17.7 Å². The first-order chi connectivity index (χ1) is 13.5. The average molecular weight is 414 g/mol. The molecule has 0 aromatic heterocycles. The van der Waals surface area contributed by atoms with Crippen LogP contribution >= 0.6 is 11.8 Å². The number of nitrogens with zero attached hydrogens (tertiary/aromatic N) is 1. The standard InChI is InChI=1S/C22H39NO4S/c1-4-5-6-7-14-26-15-12-18-19(21-10-9-20(18)27-21)13-16-28-17(2)8-11-22(24)23(3)25/h5-6,17-21,25H,4,7-16H2,1-3H3/t17-,18+,19-,20?,21-/m1/s1. The van der Waals surface area contributed by atoms with Crippen molar-refractivity contribution in [1.29, 1.82) is 0 Å². The lowest BCUT2D eigenvalue weighted by Gasteiger charge is -2.28. The van der Waals surface area contributed by atoms with Crippen LogP contribution in [-0.4, -0.2) is 59.6 Å². The van der Waals surface area contributed by atoms with E-state index in [2.05, 4.69) is 26.0 Å². The SMILES string of the molecule is CCC=CCCOCC[C@@H]1C2CC[C@@H](O2)[C@@H]1CCS[C@H](C)CCC(=O)N(C)O. The van der Waals surface area contributed by atoms with Crippen LogP contribution in [0.4, 0.5) is 0 Å². The lowest BCUT2D eigenvalue weighted by Crippen LogP contribution is -2.29. The zero-order valence-corrected chi connectivity index (χ0v) is 18.7. The molecule has 28 heavy (non-hydrogen) atoms. The van der Waals surface area contributed by atoms with Crippen molar-refractivity contribution in [3.8, 4) is 0 Å². The molecule has 2 aliphatic rings. The number of rotatable bonds is 14. The van der Waals surface area contributed by atoms with Crippen molar-refractivity contribution in [2.45, 2.75) is 82.7 Å². The van der Waals surface area contributed by atoms with Gasteiger partial charge in [-0.25, -0.2) is 5.06 Å².